The minimum atomic E-state index is -1.18. The Morgan fingerprint density at radius 1 is 0.950 bits per heavy atom. The van der Waals surface area contributed by atoms with Crippen molar-refractivity contribution in [2.24, 2.45) is 0 Å². The van der Waals surface area contributed by atoms with Crippen molar-refractivity contribution >= 4 is 45.0 Å². The molecule has 0 atom stereocenters. The molecule has 0 spiro atoms. The summed E-state index contributed by atoms with van der Waals surface area (Å²) in [6.07, 6.45) is 8.63. The van der Waals surface area contributed by atoms with E-state index < -0.39 is 22.9 Å². The molecule has 0 bridgehead atoms. The van der Waals surface area contributed by atoms with Gasteiger partial charge in [-0.25, -0.2) is 22.8 Å². The molecular formula is C28H14Cl2F2N6O2. The predicted molar refractivity (Wildman–Crippen MR) is 148 cm³/mol. The SMILES string of the molecule is C#CCn1c(-c2ccc(Cl)c(Cl)c2)c(-n2nnc3cc(F)c(F)cc32)c(=O)n(-c2cncc3ccccc23)c1=O. The van der Waals surface area contributed by atoms with Crippen LogP contribution in [0.4, 0.5) is 8.78 Å². The number of terminal acetylenes is 1. The third kappa shape index (κ3) is 3.95. The van der Waals surface area contributed by atoms with Gasteiger partial charge in [0.05, 0.1) is 39.7 Å². The lowest BCUT2D eigenvalue weighted by Crippen LogP contribution is -2.42. The van der Waals surface area contributed by atoms with Crippen molar-refractivity contribution in [3.05, 3.63) is 110 Å². The van der Waals surface area contributed by atoms with E-state index in [1.54, 1.807) is 36.5 Å². The third-order valence-corrected chi connectivity index (χ3v) is 7.09. The molecule has 0 aliphatic heterocycles. The Morgan fingerprint density at radius 2 is 1.73 bits per heavy atom. The molecule has 0 N–H and O–H groups in total. The second-order valence-corrected chi connectivity index (χ2v) is 9.49. The number of aromatic nitrogens is 6. The van der Waals surface area contributed by atoms with Crippen LogP contribution < -0.4 is 11.2 Å². The quantitative estimate of drug-likeness (QED) is 0.271. The maximum atomic E-state index is 14.4. The van der Waals surface area contributed by atoms with Crippen molar-refractivity contribution in [1.29, 1.82) is 0 Å². The molecule has 3 heterocycles. The van der Waals surface area contributed by atoms with Crippen molar-refractivity contribution in [3.63, 3.8) is 0 Å². The second-order valence-electron chi connectivity index (χ2n) is 8.68. The molecule has 12 heteroatoms. The fourth-order valence-corrected chi connectivity index (χ4v) is 4.87. The van der Waals surface area contributed by atoms with E-state index in [1.807, 2.05) is 0 Å². The number of hydrogen-bond donors (Lipinski definition) is 0. The lowest BCUT2D eigenvalue weighted by molar-refractivity contribution is 0.510. The number of rotatable bonds is 4. The average Bonchev–Trinajstić information content (AvgIpc) is 3.34. The van der Waals surface area contributed by atoms with E-state index in [1.165, 1.54) is 22.9 Å². The van der Waals surface area contributed by atoms with E-state index in [0.29, 0.717) is 16.3 Å². The Balaban J connectivity index is 1.83. The maximum Gasteiger partial charge on any atom is 0.337 e. The molecule has 0 amide bonds. The van der Waals surface area contributed by atoms with Gasteiger partial charge in [-0.2, -0.15) is 0 Å². The Kier molecular flexibility index (Phi) is 6.18. The third-order valence-electron chi connectivity index (χ3n) is 6.35. The number of fused-ring (bicyclic) bond motifs is 2. The van der Waals surface area contributed by atoms with Crippen molar-refractivity contribution in [2.45, 2.75) is 6.54 Å². The minimum Gasteiger partial charge on any atom is -0.279 e. The van der Waals surface area contributed by atoms with Gasteiger partial charge < -0.3 is 0 Å². The molecular weight excluding hydrogens is 561 g/mol. The first-order chi connectivity index (χ1) is 19.3. The van der Waals surface area contributed by atoms with Crippen LogP contribution in [0.1, 0.15) is 0 Å². The van der Waals surface area contributed by atoms with E-state index in [0.717, 1.165) is 21.4 Å². The lowest BCUT2D eigenvalue weighted by Gasteiger charge is -2.19. The molecule has 196 valence electrons. The van der Waals surface area contributed by atoms with Crippen molar-refractivity contribution in [1.82, 2.24) is 29.1 Å². The highest BCUT2D eigenvalue weighted by Crippen LogP contribution is 2.32. The van der Waals surface area contributed by atoms with E-state index in [4.69, 9.17) is 29.6 Å². The van der Waals surface area contributed by atoms with Gasteiger partial charge in [0.2, 0.25) is 0 Å². The van der Waals surface area contributed by atoms with E-state index in [2.05, 4.69) is 21.2 Å². The monoisotopic (exact) mass is 574 g/mol. The molecule has 6 aromatic rings. The largest absolute Gasteiger partial charge is 0.337 e. The predicted octanol–water partition coefficient (Wildman–Crippen LogP) is 5.17. The number of halogens is 4. The van der Waals surface area contributed by atoms with Crippen LogP contribution in [0.5, 0.6) is 0 Å². The maximum absolute atomic E-state index is 14.4. The summed E-state index contributed by atoms with van der Waals surface area (Å²) in [6, 6.07) is 13.3. The van der Waals surface area contributed by atoms with Crippen molar-refractivity contribution in [2.75, 3.05) is 0 Å². The molecule has 0 radical (unpaired) electrons. The van der Waals surface area contributed by atoms with Crippen LogP contribution >= 0.6 is 23.2 Å². The summed E-state index contributed by atoms with van der Waals surface area (Å²) in [6.45, 7) is -0.268. The van der Waals surface area contributed by atoms with Crippen LogP contribution in [0.15, 0.2) is 76.6 Å². The van der Waals surface area contributed by atoms with Gasteiger partial charge >= 0.3 is 5.69 Å². The molecule has 0 aliphatic rings. The molecule has 0 saturated carbocycles. The van der Waals surface area contributed by atoms with Gasteiger partial charge in [0.15, 0.2) is 17.3 Å². The topological polar surface area (TPSA) is 87.6 Å². The van der Waals surface area contributed by atoms with Gasteiger partial charge in [-0.1, -0.05) is 64.7 Å². The highest BCUT2D eigenvalue weighted by atomic mass is 35.5. The molecule has 3 aromatic heterocycles. The summed E-state index contributed by atoms with van der Waals surface area (Å²) in [5.74, 6) is 0.124. The Labute approximate surface area is 233 Å². The fraction of sp³-hybridized carbons (Fsp3) is 0.0357. The summed E-state index contributed by atoms with van der Waals surface area (Å²) in [4.78, 5) is 32.6. The molecule has 40 heavy (non-hydrogen) atoms. The Morgan fingerprint density at radius 3 is 2.50 bits per heavy atom. The van der Waals surface area contributed by atoms with Gasteiger partial charge in [-0.15, -0.1) is 11.5 Å². The van der Waals surface area contributed by atoms with Crippen LogP contribution in [0.25, 0.3) is 44.4 Å². The summed E-state index contributed by atoms with van der Waals surface area (Å²) in [7, 11) is 0. The summed E-state index contributed by atoms with van der Waals surface area (Å²) < 4.78 is 31.5. The Hall–Kier alpha value is -4.85. The van der Waals surface area contributed by atoms with Crippen molar-refractivity contribution in [3.8, 4) is 35.0 Å². The normalized spacial score (nSPS) is 11.3. The van der Waals surface area contributed by atoms with Gasteiger partial charge in [0.25, 0.3) is 5.56 Å². The smallest absolute Gasteiger partial charge is 0.279 e. The lowest BCUT2D eigenvalue weighted by atomic mass is 10.1. The van der Waals surface area contributed by atoms with Gasteiger partial charge in [-0.05, 0) is 12.1 Å². The number of pyridine rings is 1. The van der Waals surface area contributed by atoms with Gasteiger partial charge in [0.1, 0.15) is 5.52 Å². The Bertz CT molecular complexity index is 2160. The minimum absolute atomic E-state index is 0.0208. The van der Waals surface area contributed by atoms with Crippen LogP contribution in [0, 0.1) is 24.0 Å². The summed E-state index contributed by atoms with van der Waals surface area (Å²) in [5.41, 5.74) is -1.37. The first-order valence-corrected chi connectivity index (χ1v) is 12.4. The van der Waals surface area contributed by atoms with Gasteiger partial charge in [0, 0.05) is 34.7 Å². The molecule has 0 saturated heterocycles. The van der Waals surface area contributed by atoms with Crippen molar-refractivity contribution < 1.29 is 8.78 Å². The van der Waals surface area contributed by atoms with E-state index in [-0.39, 0.29) is 44.7 Å². The molecule has 3 aromatic carbocycles. The number of hydrogen-bond acceptors (Lipinski definition) is 5. The average molecular weight is 575 g/mol. The van der Waals surface area contributed by atoms with Gasteiger partial charge in [-0.3, -0.25) is 14.3 Å². The summed E-state index contributed by atoms with van der Waals surface area (Å²) >= 11 is 12.4. The standard InChI is InChI=1S/C28H14Cl2F2N6O2/c1-2-9-36-25(15-7-8-18(29)19(30)10-15)26(38-23-12-21(32)20(31)11-22(23)34-35-38)27(39)37(28(36)40)24-14-33-13-16-5-3-4-6-17(16)24/h1,3-8,10-14H,9H2. The van der Waals surface area contributed by atoms with E-state index >= 15 is 0 Å². The van der Waals surface area contributed by atoms with E-state index in [9.17, 15) is 18.4 Å². The number of benzene rings is 3. The molecule has 0 aliphatic carbocycles. The zero-order valence-corrected chi connectivity index (χ0v) is 21.7. The molecule has 6 rings (SSSR count). The first kappa shape index (κ1) is 25.4. The second kappa shape index (κ2) is 9.72. The zero-order chi connectivity index (χ0) is 28.1. The van der Waals surface area contributed by atoms with Crippen LogP contribution in [-0.2, 0) is 6.54 Å². The summed E-state index contributed by atoms with van der Waals surface area (Å²) in [5, 5.41) is 9.58. The first-order valence-electron chi connectivity index (χ1n) is 11.6. The highest BCUT2D eigenvalue weighted by Gasteiger charge is 2.26. The molecule has 8 nitrogen and oxygen atoms in total. The molecule has 0 fully saturated rings. The fourth-order valence-electron chi connectivity index (χ4n) is 4.58. The van der Waals surface area contributed by atoms with Crippen LogP contribution in [-0.4, -0.2) is 29.1 Å². The zero-order valence-electron chi connectivity index (χ0n) is 20.1. The van der Waals surface area contributed by atoms with Crippen LogP contribution in [0.2, 0.25) is 10.0 Å². The van der Waals surface area contributed by atoms with Crippen LogP contribution in [0.3, 0.4) is 0 Å². The highest BCUT2D eigenvalue weighted by molar-refractivity contribution is 6.42. The number of nitrogens with zero attached hydrogens (tertiary/aromatic N) is 6. The molecule has 0 unspecified atom stereocenters.